The van der Waals surface area contributed by atoms with Gasteiger partial charge >= 0.3 is 0 Å². The van der Waals surface area contributed by atoms with Gasteiger partial charge in [-0.3, -0.25) is 9.69 Å². The number of nitrogens with zero attached hydrogens (tertiary/aromatic N) is 2. The van der Waals surface area contributed by atoms with Crippen molar-refractivity contribution < 1.29 is 9.53 Å². The molecule has 37 heavy (non-hydrogen) atoms. The van der Waals surface area contributed by atoms with Crippen LogP contribution in [0.4, 0.5) is 0 Å². The summed E-state index contributed by atoms with van der Waals surface area (Å²) in [7, 11) is 0. The summed E-state index contributed by atoms with van der Waals surface area (Å²) in [6.45, 7) is 7.19. The summed E-state index contributed by atoms with van der Waals surface area (Å²) in [5, 5.41) is 3.07. The van der Waals surface area contributed by atoms with Gasteiger partial charge in [-0.15, -0.1) is 0 Å². The zero-order valence-electron chi connectivity index (χ0n) is 21.8. The molecular formula is C32H39N3O2. The molecule has 3 aromatic rings. The monoisotopic (exact) mass is 497 g/mol. The smallest absolute Gasteiger partial charge is 0.251 e. The number of likely N-dealkylation sites (tertiary alicyclic amines) is 2. The Bertz CT molecular complexity index is 1120. The van der Waals surface area contributed by atoms with Crippen molar-refractivity contribution in [3.05, 3.63) is 90.0 Å². The molecule has 0 radical (unpaired) electrons. The molecule has 194 valence electrons. The normalized spacial score (nSPS) is 17.1. The van der Waals surface area contributed by atoms with Crippen molar-refractivity contribution in [3.8, 4) is 16.9 Å². The van der Waals surface area contributed by atoms with Gasteiger partial charge in [-0.25, -0.2) is 0 Å². The number of hydrogen-bond donors (Lipinski definition) is 1. The van der Waals surface area contributed by atoms with Gasteiger partial charge in [0.15, 0.2) is 0 Å². The maximum Gasteiger partial charge on any atom is 0.251 e. The van der Waals surface area contributed by atoms with Gasteiger partial charge in [0, 0.05) is 31.7 Å². The van der Waals surface area contributed by atoms with Gasteiger partial charge in [0.2, 0.25) is 0 Å². The number of nitrogens with one attached hydrogen (secondary N) is 1. The average Bonchev–Trinajstić information content (AvgIpc) is 3.47. The highest BCUT2D eigenvalue weighted by Crippen LogP contribution is 2.23. The van der Waals surface area contributed by atoms with E-state index in [1.54, 1.807) is 0 Å². The topological polar surface area (TPSA) is 44.8 Å². The van der Waals surface area contributed by atoms with Gasteiger partial charge in [-0.1, -0.05) is 60.7 Å². The molecule has 1 amide bonds. The van der Waals surface area contributed by atoms with Crippen LogP contribution in [-0.2, 0) is 6.54 Å². The Morgan fingerprint density at radius 2 is 1.54 bits per heavy atom. The number of carbonyl (C=O) groups excluding carboxylic acids is 1. The summed E-state index contributed by atoms with van der Waals surface area (Å²) in [6, 6.07) is 27.1. The first-order valence-corrected chi connectivity index (χ1v) is 13.9. The quantitative estimate of drug-likeness (QED) is 0.370. The zero-order chi connectivity index (χ0) is 25.3. The number of piperidine rings is 1. The fraction of sp³-hybridized carbons (Fsp3) is 0.406. The van der Waals surface area contributed by atoms with E-state index in [1.807, 2.05) is 24.3 Å². The molecular weight excluding hydrogens is 458 g/mol. The van der Waals surface area contributed by atoms with Gasteiger partial charge in [0.25, 0.3) is 5.91 Å². The maximum absolute atomic E-state index is 12.6. The first kappa shape index (κ1) is 25.5. The summed E-state index contributed by atoms with van der Waals surface area (Å²) >= 11 is 0. The van der Waals surface area contributed by atoms with E-state index < -0.39 is 0 Å². The van der Waals surface area contributed by atoms with Crippen molar-refractivity contribution in [2.45, 2.75) is 44.8 Å². The van der Waals surface area contributed by atoms with Gasteiger partial charge in [-0.05, 0) is 86.6 Å². The fourth-order valence-electron chi connectivity index (χ4n) is 5.39. The minimum atomic E-state index is -0.0139. The Kier molecular flexibility index (Phi) is 8.88. The van der Waals surface area contributed by atoms with E-state index in [1.165, 1.54) is 42.6 Å². The second-order valence-corrected chi connectivity index (χ2v) is 10.3. The number of hydrogen-bond acceptors (Lipinski definition) is 4. The lowest BCUT2D eigenvalue weighted by molar-refractivity contribution is 0.0935. The molecule has 0 aromatic heterocycles. The average molecular weight is 498 g/mol. The Morgan fingerprint density at radius 3 is 2.30 bits per heavy atom. The third-order valence-corrected chi connectivity index (χ3v) is 7.54. The molecule has 0 saturated carbocycles. The van der Waals surface area contributed by atoms with Gasteiger partial charge in [0.1, 0.15) is 11.9 Å². The van der Waals surface area contributed by atoms with Crippen LogP contribution < -0.4 is 10.1 Å². The molecule has 5 heteroatoms. The molecule has 2 heterocycles. The van der Waals surface area contributed by atoms with Gasteiger partial charge in [0.05, 0.1) is 0 Å². The minimum Gasteiger partial charge on any atom is -0.490 e. The van der Waals surface area contributed by atoms with E-state index in [9.17, 15) is 4.79 Å². The third-order valence-electron chi connectivity index (χ3n) is 7.54. The van der Waals surface area contributed by atoms with E-state index >= 15 is 0 Å². The van der Waals surface area contributed by atoms with Crippen LogP contribution in [0.5, 0.6) is 5.75 Å². The summed E-state index contributed by atoms with van der Waals surface area (Å²) in [5.41, 5.74) is 4.54. The molecule has 0 aliphatic carbocycles. The van der Waals surface area contributed by atoms with Crippen LogP contribution in [0.1, 0.15) is 48.0 Å². The number of carbonyl (C=O) groups is 1. The minimum absolute atomic E-state index is 0.0139. The van der Waals surface area contributed by atoms with Crippen molar-refractivity contribution in [2.75, 3.05) is 39.3 Å². The number of amides is 1. The van der Waals surface area contributed by atoms with Gasteiger partial charge in [-0.2, -0.15) is 0 Å². The van der Waals surface area contributed by atoms with Crippen LogP contribution in [0.2, 0.25) is 0 Å². The lowest BCUT2D eigenvalue weighted by Crippen LogP contribution is -2.37. The lowest BCUT2D eigenvalue weighted by atomic mass is 10.0. The van der Waals surface area contributed by atoms with Crippen molar-refractivity contribution >= 4 is 5.91 Å². The number of benzene rings is 3. The summed E-state index contributed by atoms with van der Waals surface area (Å²) in [4.78, 5) is 17.6. The van der Waals surface area contributed by atoms with Crippen molar-refractivity contribution in [3.63, 3.8) is 0 Å². The SMILES string of the molecule is O=C(NCCCN1CCCC1)c1cccc(OC2CCN(Cc3ccc(-c4ccccc4)cc3)CC2)c1. The van der Waals surface area contributed by atoms with Gasteiger partial charge < -0.3 is 15.0 Å². The second kappa shape index (κ2) is 12.9. The second-order valence-electron chi connectivity index (χ2n) is 10.3. The summed E-state index contributed by atoms with van der Waals surface area (Å²) < 4.78 is 6.29. The van der Waals surface area contributed by atoms with Crippen LogP contribution in [0.15, 0.2) is 78.9 Å². The highest BCUT2D eigenvalue weighted by atomic mass is 16.5. The van der Waals surface area contributed by atoms with Crippen molar-refractivity contribution in [1.29, 1.82) is 0 Å². The molecule has 2 aliphatic rings. The molecule has 3 aromatic carbocycles. The van der Waals surface area contributed by atoms with E-state index in [-0.39, 0.29) is 12.0 Å². The van der Waals surface area contributed by atoms with Crippen LogP contribution in [0, 0.1) is 0 Å². The van der Waals surface area contributed by atoms with E-state index in [0.29, 0.717) is 12.1 Å². The van der Waals surface area contributed by atoms with E-state index in [0.717, 1.165) is 51.2 Å². The predicted molar refractivity (Wildman–Crippen MR) is 150 cm³/mol. The molecule has 0 spiro atoms. The predicted octanol–water partition coefficient (Wildman–Crippen LogP) is 5.61. The standard InChI is InChI=1S/C32H39N3O2/c36-32(33-18-7-21-34-19-4-5-20-34)29-10-6-11-31(24-29)37-30-16-22-35(23-17-30)25-26-12-14-28(15-13-26)27-8-2-1-3-9-27/h1-3,6,8-15,24,30H,4-5,7,16-23,25H2,(H,33,36). The molecule has 0 atom stereocenters. The molecule has 1 N–H and O–H groups in total. The Balaban J connectivity index is 1.04. The first-order valence-electron chi connectivity index (χ1n) is 13.9. The van der Waals surface area contributed by atoms with E-state index in [2.05, 4.69) is 69.7 Å². The molecule has 0 bridgehead atoms. The van der Waals surface area contributed by atoms with Crippen molar-refractivity contribution in [1.82, 2.24) is 15.1 Å². The molecule has 5 rings (SSSR count). The molecule has 2 aliphatic heterocycles. The largest absolute Gasteiger partial charge is 0.490 e. The highest BCUT2D eigenvalue weighted by Gasteiger charge is 2.21. The molecule has 5 nitrogen and oxygen atoms in total. The summed E-state index contributed by atoms with van der Waals surface area (Å²) in [5.74, 6) is 0.777. The first-order chi connectivity index (χ1) is 18.2. The van der Waals surface area contributed by atoms with Crippen LogP contribution in [-0.4, -0.2) is 61.1 Å². The number of ether oxygens (including phenoxy) is 1. The van der Waals surface area contributed by atoms with Crippen LogP contribution >= 0.6 is 0 Å². The highest BCUT2D eigenvalue weighted by molar-refractivity contribution is 5.94. The Hall–Kier alpha value is -3.15. The fourth-order valence-corrected chi connectivity index (χ4v) is 5.39. The Morgan fingerprint density at radius 1 is 0.811 bits per heavy atom. The lowest BCUT2D eigenvalue weighted by Gasteiger charge is -2.32. The van der Waals surface area contributed by atoms with Crippen LogP contribution in [0.3, 0.4) is 0 Å². The Labute approximate surface area is 221 Å². The van der Waals surface area contributed by atoms with E-state index in [4.69, 9.17) is 4.74 Å². The zero-order valence-corrected chi connectivity index (χ0v) is 21.8. The third kappa shape index (κ3) is 7.43. The summed E-state index contributed by atoms with van der Waals surface area (Å²) in [6.07, 6.45) is 5.79. The van der Waals surface area contributed by atoms with Crippen molar-refractivity contribution in [2.24, 2.45) is 0 Å². The number of rotatable bonds is 10. The molecule has 2 fully saturated rings. The van der Waals surface area contributed by atoms with Crippen LogP contribution in [0.25, 0.3) is 11.1 Å². The molecule has 0 unspecified atom stereocenters. The maximum atomic E-state index is 12.6. The molecule has 2 saturated heterocycles.